The molecule has 0 saturated heterocycles. The topological polar surface area (TPSA) is 144 Å². The lowest BCUT2D eigenvalue weighted by molar-refractivity contribution is -0.132. The number of cyclic esters (lactones) is 1. The van der Waals surface area contributed by atoms with Crippen molar-refractivity contribution in [1.82, 2.24) is 25.5 Å². The number of anilines is 1. The third kappa shape index (κ3) is 4.74. The summed E-state index contributed by atoms with van der Waals surface area (Å²) in [6, 6.07) is 14.1. The molecular formula is C24H19N7O4. The number of carbonyl (C=O) groups is 2. The molecule has 0 unspecified atom stereocenters. The van der Waals surface area contributed by atoms with Crippen LogP contribution in [-0.4, -0.2) is 51.2 Å². The number of ether oxygens (including phenoxy) is 1. The maximum absolute atomic E-state index is 12.0. The van der Waals surface area contributed by atoms with E-state index in [-0.39, 0.29) is 24.4 Å². The highest BCUT2D eigenvalue weighted by Crippen LogP contribution is 2.34. The maximum Gasteiger partial charge on any atom is 0.334 e. The molecule has 1 aromatic carbocycles. The standard InChI is InChI=1S/C24H19N7O4/c1-2-25-24(33)29-19-11-16(22-31-30-21(35-22)14-6-4-3-5-7-14)17(12-27-19)15-8-9-26-18(10-15)23-28-13-20(32)34-23/h3-12H,2,13H2,1H3,(H2,25,27,29,33). The minimum absolute atomic E-state index is 0.0432. The van der Waals surface area contributed by atoms with Crippen molar-refractivity contribution in [1.29, 1.82) is 0 Å². The van der Waals surface area contributed by atoms with Crippen LogP contribution < -0.4 is 10.6 Å². The molecule has 3 aromatic heterocycles. The van der Waals surface area contributed by atoms with Gasteiger partial charge in [-0.3, -0.25) is 10.3 Å². The molecule has 11 nitrogen and oxygen atoms in total. The van der Waals surface area contributed by atoms with Crippen molar-refractivity contribution < 1.29 is 18.7 Å². The number of nitrogens with zero attached hydrogens (tertiary/aromatic N) is 5. The summed E-state index contributed by atoms with van der Waals surface area (Å²) in [7, 11) is 0. The Balaban J connectivity index is 1.57. The highest BCUT2D eigenvalue weighted by atomic mass is 16.6. The number of pyridine rings is 2. The van der Waals surface area contributed by atoms with Crippen LogP contribution in [0.1, 0.15) is 12.6 Å². The molecule has 0 radical (unpaired) electrons. The van der Waals surface area contributed by atoms with Crippen LogP contribution in [0.15, 0.2) is 70.3 Å². The molecule has 174 valence electrons. The van der Waals surface area contributed by atoms with E-state index in [9.17, 15) is 9.59 Å². The summed E-state index contributed by atoms with van der Waals surface area (Å²) < 4.78 is 11.1. The van der Waals surface area contributed by atoms with Crippen molar-refractivity contribution in [3.05, 3.63) is 66.6 Å². The third-order valence-electron chi connectivity index (χ3n) is 5.01. The van der Waals surface area contributed by atoms with Gasteiger partial charge in [0.25, 0.3) is 0 Å². The second-order valence-electron chi connectivity index (χ2n) is 7.40. The zero-order valence-electron chi connectivity index (χ0n) is 18.6. The second kappa shape index (κ2) is 9.51. The van der Waals surface area contributed by atoms with Crippen LogP contribution in [0.5, 0.6) is 0 Å². The van der Waals surface area contributed by atoms with Crippen molar-refractivity contribution in [2.45, 2.75) is 6.92 Å². The zero-order chi connectivity index (χ0) is 24.2. The Morgan fingerprint density at radius 1 is 1.00 bits per heavy atom. The average Bonchev–Trinajstić information content (AvgIpc) is 3.54. The number of rotatable bonds is 6. The first-order valence-corrected chi connectivity index (χ1v) is 10.8. The van der Waals surface area contributed by atoms with Crippen LogP contribution >= 0.6 is 0 Å². The lowest BCUT2D eigenvalue weighted by Gasteiger charge is -2.11. The minimum Gasteiger partial charge on any atom is -0.416 e. The highest BCUT2D eigenvalue weighted by molar-refractivity contribution is 6.04. The van der Waals surface area contributed by atoms with Gasteiger partial charge in [-0.15, -0.1) is 10.2 Å². The molecule has 35 heavy (non-hydrogen) atoms. The summed E-state index contributed by atoms with van der Waals surface area (Å²) in [4.78, 5) is 36.2. The van der Waals surface area contributed by atoms with Gasteiger partial charge in [-0.1, -0.05) is 18.2 Å². The fraction of sp³-hybridized carbons (Fsp3) is 0.125. The van der Waals surface area contributed by atoms with E-state index in [2.05, 4.69) is 35.8 Å². The van der Waals surface area contributed by atoms with Crippen LogP contribution in [0.2, 0.25) is 0 Å². The van der Waals surface area contributed by atoms with Gasteiger partial charge in [-0.2, -0.15) is 0 Å². The van der Waals surface area contributed by atoms with Gasteiger partial charge in [0.15, 0.2) is 0 Å². The molecular weight excluding hydrogens is 450 g/mol. The Morgan fingerprint density at radius 2 is 1.83 bits per heavy atom. The molecule has 1 aliphatic heterocycles. The van der Waals surface area contributed by atoms with Gasteiger partial charge in [0.05, 0.1) is 5.56 Å². The molecule has 0 bridgehead atoms. The van der Waals surface area contributed by atoms with Crippen molar-refractivity contribution >= 4 is 23.7 Å². The lowest BCUT2D eigenvalue weighted by Crippen LogP contribution is -2.28. The average molecular weight is 469 g/mol. The Bertz CT molecular complexity index is 1430. The predicted octanol–water partition coefficient (Wildman–Crippen LogP) is 3.31. The quantitative estimate of drug-likeness (QED) is 0.409. The van der Waals surface area contributed by atoms with Gasteiger partial charge in [0.2, 0.25) is 17.7 Å². The molecule has 2 amide bonds. The van der Waals surface area contributed by atoms with Crippen LogP contribution in [0.4, 0.5) is 10.6 Å². The molecule has 0 saturated carbocycles. The molecule has 1 aliphatic rings. The van der Waals surface area contributed by atoms with E-state index in [0.717, 1.165) is 5.56 Å². The SMILES string of the molecule is CCNC(=O)Nc1cc(-c2nnc(-c3ccccc3)o2)c(-c2ccnc(C3=NCC(=O)O3)c2)cn1. The first kappa shape index (κ1) is 21.9. The monoisotopic (exact) mass is 469 g/mol. The van der Waals surface area contributed by atoms with Crippen molar-refractivity contribution in [3.8, 4) is 34.0 Å². The first-order valence-electron chi connectivity index (χ1n) is 10.8. The number of esters is 1. The third-order valence-corrected chi connectivity index (χ3v) is 5.01. The summed E-state index contributed by atoms with van der Waals surface area (Å²) >= 11 is 0. The Kier molecular flexibility index (Phi) is 5.95. The molecule has 4 aromatic rings. The smallest absolute Gasteiger partial charge is 0.334 e. The fourth-order valence-corrected chi connectivity index (χ4v) is 3.44. The van der Waals surface area contributed by atoms with Crippen LogP contribution in [0, 0.1) is 0 Å². The molecule has 5 rings (SSSR count). The van der Waals surface area contributed by atoms with Crippen molar-refractivity contribution in [2.75, 3.05) is 18.4 Å². The number of aromatic nitrogens is 4. The number of hydrogen-bond donors (Lipinski definition) is 2. The Hall–Kier alpha value is -4.93. The number of benzene rings is 1. The summed E-state index contributed by atoms with van der Waals surface area (Å²) in [5.74, 6) is 0.615. The van der Waals surface area contributed by atoms with Crippen LogP contribution in [0.3, 0.4) is 0 Å². The van der Waals surface area contributed by atoms with E-state index in [1.54, 1.807) is 30.6 Å². The van der Waals surface area contributed by atoms with Crippen LogP contribution in [-0.2, 0) is 9.53 Å². The molecule has 11 heteroatoms. The van der Waals surface area contributed by atoms with Crippen molar-refractivity contribution in [3.63, 3.8) is 0 Å². The van der Waals surface area contributed by atoms with E-state index in [4.69, 9.17) is 9.15 Å². The number of nitrogens with one attached hydrogen (secondary N) is 2. The molecule has 0 atom stereocenters. The maximum atomic E-state index is 12.0. The van der Waals surface area contributed by atoms with Crippen LogP contribution in [0.25, 0.3) is 34.0 Å². The van der Waals surface area contributed by atoms with E-state index in [1.165, 1.54) is 0 Å². The second-order valence-corrected chi connectivity index (χ2v) is 7.40. The predicted molar refractivity (Wildman–Crippen MR) is 126 cm³/mol. The first-order chi connectivity index (χ1) is 17.1. The van der Waals surface area contributed by atoms with E-state index in [1.807, 2.05) is 37.3 Å². The van der Waals surface area contributed by atoms with Crippen molar-refractivity contribution in [2.24, 2.45) is 4.99 Å². The van der Waals surface area contributed by atoms with Gasteiger partial charge < -0.3 is 14.5 Å². The van der Waals surface area contributed by atoms with Gasteiger partial charge in [0, 0.05) is 30.1 Å². The molecule has 0 spiro atoms. The van der Waals surface area contributed by atoms with Gasteiger partial charge >= 0.3 is 12.0 Å². The molecule has 4 heterocycles. The summed E-state index contributed by atoms with van der Waals surface area (Å²) in [5.41, 5.74) is 3.06. The number of carbonyl (C=O) groups excluding carboxylic acids is 2. The largest absolute Gasteiger partial charge is 0.416 e. The molecule has 0 fully saturated rings. The number of aliphatic imine (C=N–C) groups is 1. The zero-order valence-corrected chi connectivity index (χ0v) is 18.6. The Morgan fingerprint density at radius 3 is 2.60 bits per heavy atom. The van der Waals surface area contributed by atoms with E-state index in [0.29, 0.717) is 40.6 Å². The minimum atomic E-state index is -0.436. The van der Waals surface area contributed by atoms with E-state index < -0.39 is 5.97 Å². The van der Waals surface area contributed by atoms with Gasteiger partial charge in [-0.05, 0) is 42.8 Å². The van der Waals surface area contributed by atoms with Gasteiger partial charge in [-0.25, -0.2) is 19.6 Å². The Labute approximate surface area is 199 Å². The van der Waals surface area contributed by atoms with Gasteiger partial charge in [0.1, 0.15) is 18.1 Å². The fourth-order valence-electron chi connectivity index (χ4n) is 3.44. The summed E-state index contributed by atoms with van der Waals surface area (Å²) in [5, 5.41) is 13.8. The summed E-state index contributed by atoms with van der Waals surface area (Å²) in [6.07, 6.45) is 3.16. The summed E-state index contributed by atoms with van der Waals surface area (Å²) in [6.45, 7) is 2.24. The molecule has 0 aliphatic carbocycles. The lowest BCUT2D eigenvalue weighted by atomic mass is 10.0. The number of amides is 2. The van der Waals surface area contributed by atoms with E-state index >= 15 is 0 Å². The highest BCUT2D eigenvalue weighted by Gasteiger charge is 2.21. The normalized spacial score (nSPS) is 12.7. The molecule has 2 N–H and O–H groups in total. The number of urea groups is 1. The number of hydrogen-bond acceptors (Lipinski definition) is 9.